The number of para-hydroxylation sites is 1. The number of hydrazone groups is 1. The average molecular weight is 521 g/mol. The second-order valence-electron chi connectivity index (χ2n) is 8.46. The zero-order chi connectivity index (χ0) is 25.9. The Morgan fingerprint density at radius 2 is 1.81 bits per heavy atom. The zero-order valence-corrected chi connectivity index (χ0v) is 20.5. The summed E-state index contributed by atoms with van der Waals surface area (Å²) in [7, 11) is 1.59. The van der Waals surface area contributed by atoms with Crippen LogP contribution in [0.5, 0.6) is 5.75 Å². The van der Waals surface area contributed by atoms with Gasteiger partial charge in [-0.25, -0.2) is 13.8 Å². The summed E-state index contributed by atoms with van der Waals surface area (Å²) in [6.07, 6.45) is 0.332. The highest BCUT2D eigenvalue weighted by molar-refractivity contribution is 8.15. The third-order valence-electron chi connectivity index (χ3n) is 6.03. The molecule has 0 saturated carbocycles. The standard InChI is InChI=1S/C27H22F2N4O3S/c1-36-19-12-8-16(9-13-19)22-14-23(17-6-10-18(28)11-7-17)33(32-22)27-31-26(35)24(37-27)15-25(34)30-21-5-3-2-4-20(21)29/h2-13,23-24H,14-15H2,1H3,(H,30,34)/t23-,24+/m1/s1. The zero-order valence-electron chi connectivity index (χ0n) is 19.7. The highest BCUT2D eigenvalue weighted by atomic mass is 32.2. The first-order chi connectivity index (χ1) is 17.9. The Kier molecular flexibility index (Phi) is 7.00. The maximum Gasteiger partial charge on any atom is 0.262 e. The van der Waals surface area contributed by atoms with Crippen LogP contribution < -0.4 is 10.1 Å². The molecule has 2 aliphatic heterocycles. The number of rotatable bonds is 6. The van der Waals surface area contributed by atoms with Crippen LogP contribution in [0.2, 0.25) is 0 Å². The Balaban J connectivity index is 1.36. The highest BCUT2D eigenvalue weighted by Gasteiger charge is 2.39. The number of anilines is 1. The van der Waals surface area contributed by atoms with Crippen LogP contribution in [0.25, 0.3) is 0 Å². The molecule has 0 unspecified atom stereocenters. The lowest BCUT2D eigenvalue weighted by atomic mass is 9.98. The molecule has 7 nitrogen and oxygen atoms in total. The summed E-state index contributed by atoms with van der Waals surface area (Å²) in [4.78, 5) is 29.4. The van der Waals surface area contributed by atoms with Crippen molar-refractivity contribution in [2.45, 2.75) is 24.1 Å². The number of nitrogens with one attached hydrogen (secondary N) is 1. The van der Waals surface area contributed by atoms with Gasteiger partial charge in [-0.15, -0.1) is 0 Å². The van der Waals surface area contributed by atoms with Gasteiger partial charge >= 0.3 is 0 Å². The lowest BCUT2D eigenvalue weighted by Gasteiger charge is -2.23. The first kappa shape index (κ1) is 24.6. The van der Waals surface area contributed by atoms with E-state index in [2.05, 4.69) is 10.3 Å². The van der Waals surface area contributed by atoms with Crippen molar-refractivity contribution < 1.29 is 23.1 Å². The van der Waals surface area contributed by atoms with E-state index in [0.29, 0.717) is 17.3 Å². The number of halogens is 2. The SMILES string of the molecule is COc1ccc(C2=NN(C3=NC(=O)[C@H](CC(=O)Nc4ccccc4F)S3)[C@@H](c3ccc(F)cc3)C2)cc1. The molecule has 188 valence electrons. The molecule has 2 atom stereocenters. The van der Waals surface area contributed by atoms with Crippen molar-refractivity contribution in [1.82, 2.24) is 5.01 Å². The van der Waals surface area contributed by atoms with E-state index >= 15 is 0 Å². The van der Waals surface area contributed by atoms with Gasteiger partial charge < -0.3 is 10.1 Å². The lowest BCUT2D eigenvalue weighted by molar-refractivity contribution is -0.121. The van der Waals surface area contributed by atoms with Crippen LogP contribution in [0.3, 0.4) is 0 Å². The molecule has 0 radical (unpaired) electrons. The molecule has 0 saturated heterocycles. The normalized spacial score (nSPS) is 19.0. The van der Waals surface area contributed by atoms with Gasteiger partial charge in [0.15, 0.2) is 5.17 Å². The number of nitrogens with zero attached hydrogens (tertiary/aromatic N) is 3. The molecule has 3 aromatic rings. The quantitative estimate of drug-likeness (QED) is 0.486. The number of methoxy groups -OCH3 is 1. The van der Waals surface area contributed by atoms with Crippen LogP contribution >= 0.6 is 11.8 Å². The van der Waals surface area contributed by atoms with Crippen LogP contribution in [0.15, 0.2) is 82.9 Å². The van der Waals surface area contributed by atoms with Crippen molar-refractivity contribution in [3.8, 4) is 5.75 Å². The van der Waals surface area contributed by atoms with Crippen molar-refractivity contribution in [1.29, 1.82) is 0 Å². The van der Waals surface area contributed by atoms with Gasteiger partial charge in [0.2, 0.25) is 5.91 Å². The Morgan fingerprint density at radius 1 is 1.08 bits per heavy atom. The highest BCUT2D eigenvalue weighted by Crippen LogP contribution is 2.38. The maximum absolute atomic E-state index is 13.9. The minimum atomic E-state index is -0.768. The molecular weight excluding hydrogens is 498 g/mol. The van der Waals surface area contributed by atoms with E-state index in [1.54, 1.807) is 30.3 Å². The van der Waals surface area contributed by atoms with Crippen LogP contribution in [0.1, 0.15) is 30.0 Å². The molecule has 0 fully saturated rings. The molecule has 0 aliphatic carbocycles. The number of carbonyl (C=O) groups is 2. The number of amides is 2. The van der Waals surface area contributed by atoms with Gasteiger partial charge in [-0.3, -0.25) is 9.59 Å². The van der Waals surface area contributed by atoms with Gasteiger partial charge in [0.05, 0.1) is 24.6 Å². The van der Waals surface area contributed by atoms with E-state index in [1.807, 2.05) is 24.3 Å². The van der Waals surface area contributed by atoms with Gasteiger partial charge in [-0.2, -0.15) is 10.1 Å². The molecule has 2 aliphatic rings. The third-order valence-corrected chi connectivity index (χ3v) is 7.17. The molecule has 10 heteroatoms. The molecule has 2 amide bonds. The van der Waals surface area contributed by atoms with Crippen molar-refractivity contribution in [2.75, 3.05) is 12.4 Å². The van der Waals surface area contributed by atoms with E-state index in [9.17, 15) is 18.4 Å². The van der Waals surface area contributed by atoms with Crippen LogP contribution in [0.4, 0.5) is 14.5 Å². The number of benzene rings is 3. The molecule has 5 rings (SSSR count). The molecule has 0 bridgehead atoms. The molecule has 0 spiro atoms. The monoisotopic (exact) mass is 520 g/mol. The van der Waals surface area contributed by atoms with Gasteiger partial charge in [0.25, 0.3) is 5.91 Å². The predicted octanol–water partition coefficient (Wildman–Crippen LogP) is 5.15. The number of aliphatic imine (C=N–C) groups is 1. The number of thioether (sulfide) groups is 1. The maximum atomic E-state index is 13.9. The van der Waals surface area contributed by atoms with E-state index < -0.39 is 22.9 Å². The Hall–Kier alpha value is -4.05. The van der Waals surface area contributed by atoms with Crippen molar-refractivity contribution >= 4 is 40.1 Å². The summed E-state index contributed by atoms with van der Waals surface area (Å²) in [5.74, 6) is -1.15. The van der Waals surface area contributed by atoms with E-state index in [1.165, 1.54) is 30.3 Å². The van der Waals surface area contributed by atoms with Crippen molar-refractivity contribution in [2.24, 2.45) is 10.1 Å². The first-order valence-electron chi connectivity index (χ1n) is 11.5. The fraction of sp³-hybridized carbons (Fsp3) is 0.185. The van der Waals surface area contributed by atoms with Crippen LogP contribution in [-0.2, 0) is 9.59 Å². The van der Waals surface area contributed by atoms with Crippen LogP contribution in [-0.4, -0.2) is 40.1 Å². The average Bonchev–Trinajstić information content (AvgIpc) is 3.50. The van der Waals surface area contributed by atoms with E-state index in [4.69, 9.17) is 9.84 Å². The number of carbonyl (C=O) groups excluding carboxylic acids is 2. The van der Waals surface area contributed by atoms with Gasteiger partial charge in [-0.1, -0.05) is 36.0 Å². The molecule has 3 aromatic carbocycles. The third kappa shape index (κ3) is 5.39. The minimum absolute atomic E-state index is 0.0498. The van der Waals surface area contributed by atoms with Crippen molar-refractivity contribution in [3.63, 3.8) is 0 Å². The first-order valence-corrected chi connectivity index (χ1v) is 12.4. The van der Waals surface area contributed by atoms with Gasteiger partial charge in [-0.05, 0) is 59.7 Å². The summed E-state index contributed by atoms with van der Waals surface area (Å²) in [6, 6.07) is 19.1. The minimum Gasteiger partial charge on any atom is -0.497 e. The molecule has 37 heavy (non-hydrogen) atoms. The summed E-state index contributed by atoms with van der Waals surface area (Å²) in [5.41, 5.74) is 2.51. The lowest BCUT2D eigenvalue weighted by Crippen LogP contribution is -2.25. The fourth-order valence-electron chi connectivity index (χ4n) is 4.13. The van der Waals surface area contributed by atoms with E-state index in [-0.39, 0.29) is 24.0 Å². The fourth-order valence-corrected chi connectivity index (χ4v) is 5.19. The Morgan fingerprint density at radius 3 is 2.51 bits per heavy atom. The molecule has 0 aromatic heterocycles. The molecule has 2 heterocycles. The molecular formula is C27H22F2N4O3S. The summed E-state index contributed by atoms with van der Waals surface area (Å²) in [5, 5.41) is 8.51. The largest absolute Gasteiger partial charge is 0.497 e. The predicted molar refractivity (Wildman–Crippen MR) is 139 cm³/mol. The second kappa shape index (κ2) is 10.5. The van der Waals surface area contributed by atoms with Crippen LogP contribution in [0, 0.1) is 11.6 Å². The Bertz CT molecular complexity index is 1390. The summed E-state index contributed by atoms with van der Waals surface area (Å²) >= 11 is 1.13. The number of amidine groups is 1. The van der Waals surface area contributed by atoms with Crippen molar-refractivity contribution in [3.05, 3.63) is 95.6 Å². The summed E-state index contributed by atoms with van der Waals surface area (Å²) in [6.45, 7) is 0. The molecule has 1 N–H and O–H groups in total. The number of hydrogen-bond acceptors (Lipinski definition) is 6. The number of hydrogen-bond donors (Lipinski definition) is 1. The topological polar surface area (TPSA) is 83.4 Å². The van der Waals surface area contributed by atoms with E-state index in [0.717, 1.165) is 28.6 Å². The smallest absolute Gasteiger partial charge is 0.262 e. The van der Waals surface area contributed by atoms with Gasteiger partial charge in [0.1, 0.15) is 22.6 Å². The van der Waals surface area contributed by atoms with Gasteiger partial charge in [0, 0.05) is 12.8 Å². The Labute approximate surface area is 216 Å². The summed E-state index contributed by atoms with van der Waals surface area (Å²) < 4.78 is 32.7. The number of ether oxygens (including phenoxy) is 1. The second-order valence-corrected chi connectivity index (χ2v) is 9.63.